The molecule has 92 valence electrons. The van der Waals surface area contributed by atoms with Gasteiger partial charge in [-0.15, -0.1) is 0 Å². The van der Waals surface area contributed by atoms with Crippen LogP contribution >= 0.6 is 11.6 Å². The normalized spacial score (nSPS) is 13.4. The molecule has 0 aromatic heterocycles. The predicted molar refractivity (Wildman–Crippen MR) is 77.4 cm³/mol. The van der Waals surface area contributed by atoms with Gasteiger partial charge in [-0.2, -0.15) is 0 Å². The Morgan fingerprint density at radius 3 is 2.22 bits per heavy atom. The number of benzene rings is 2. The first kappa shape index (κ1) is 12.9. The molecule has 0 saturated heterocycles. The maximum Gasteiger partial charge on any atom is 0.0767 e. The van der Waals surface area contributed by atoms with Crippen LogP contribution in [0.3, 0.4) is 0 Å². The molecule has 1 atom stereocenters. The van der Waals surface area contributed by atoms with Crippen molar-refractivity contribution in [1.29, 1.82) is 0 Å². The molecule has 1 nitrogen and oxygen atoms in total. The molecule has 0 bridgehead atoms. The van der Waals surface area contributed by atoms with Crippen LogP contribution in [0.15, 0.2) is 54.6 Å². The quantitative estimate of drug-likeness (QED) is 0.816. The molecule has 1 unspecified atom stereocenters. The van der Waals surface area contributed by atoms with Gasteiger partial charge in [0, 0.05) is 5.02 Å². The van der Waals surface area contributed by atoms with Crippen molar-refractivity contribution < 1.29 is 5.11 Å². The number of aliphatic hydroxyl groups excluding tert-OH is 1. The lowest BCUT2D eigenvalue weighted by Crippen LogP contribution is -2.03. The van der Waals surface area contributed by atoms with Gasteiger partial charge in [0.05, 0.1) is 6.10 Å². The first-order chi connectivity index (χ1) is 8.66. The second-order valence-corrected chi connectivity index (χ2v) is 4.63. The lowest BCUT2D eigenvalue weighted by Gasteiger charge is -2.11. The summed E-state index contributed by atoms with van der Waals surface area (Å²) in [6, 6.07) is 17.5. The van der Waals surface area contributed by atoms with Gasteiger partial charge in [0.15, 0.2) is 0 Å². The Kier molecular flexibility index (Phi) is 4.19. The van der Waals surface area contributed by atoms with Gasteiger partial charge in [-0.1, -0.05) is 54.1 Å². The highest BCUT2D eigenvalue weighted by molar-refractivity contribution is 6.30. The molecule has 0 heterocycles. The smallest absolute Gasteiger partial charge is 0.0767 e. The third-order valence-corrected chi connectivity index (χ3v) is 3.00. The van der Waals surface area contributed by atoms with E-state index in [4.69, 9.17) is 11.6 Å². The Morgan fingerprint density at radius 2 is 1.67 bits per heavy atom. The summed E-state index contributed by atoms with van der Waals surface area (Å²) in [5, 5.41) is 10.6. The lowest BCUT2D eigenvalue weighted by atomic mass is 9.99. The van der Waals surface area contributed by atoms with Gasteiger partial charge in [0.25, 0.3) is 0 Å². The fourth-order valence-corrected chi connectivity index (χ4v) is 1.94. The monoisotopic (exact) mass is 258 g/mol. The summed E-state index contributed by atoms with van der Waals surface area (Å²) in [6.07, 6.45) is 1.47. The van der Waals surface area contributed by atoms with Crippen molar-refractivity contribution in [2.24, 2.45) is 0 Å². The van der Waals surface area contributed by atoms with Crippen LogP contribution in [0.2, 0.25) is 5.02 Å². The number of aliphatic hydroxyl groups is 1. The van der Waals surface area contributed by atoms with Gasteiger partial charge < -0.3 is 5.11 Å². The topological polar surface area (TPSA) is 20.2 Å². The average Bonchev–Trinajstić information content (AvgIpc) is 2.38. The number of hydrogen-bond donors (Lipinski definition) is 1. The summed E-state index contributed by atoms with van der Waals surface area (Å²) in [7, 11) is 0. The van der Waals surface area contributed by atoms with Gasteiger partial charge in [-0.25, -0.2) is 0 Å². The molecule has 0 aliphatic carbocycles. The fourth-order valence-electron chi connectivity index (χ4n) is 1.81. The van der Waals surface area contributed by atoms with E-state index in [1.165, 1.54) is 0 Å². The van der Waals surface area contributed by atoms with Crippen molar-refractivity contribution in [2.75, 3.05) is 0 Å². The number of hydrogen-bond acceptors (Lipinski definition) is 1. The zero-order valence-electron chi connectivity index (χ0n) is 10.2. The highest BCUT2D eigenvalue weighted by Gasteiger charge is 2.07. The third-order valence-electron chi connectivity index (χ3n) is 2.75. The molecule has 0 fully saturated rings. The first-order valence-corrected chi connectivity index (χ1v) is 6.25. The standard InChI is InChI=1S/C16H15ClO/c1-12(18)16(14-5-3-2-4-6-14)11-13-7-9-15(17)10-8-13/h2-12,18H,1H3/b16-11-. The van der Waals surface area contributed by atoms with Gasteiger partial charge >= 0.3 is 0 Å². The van der Waals surface area contributed by atoms with Crippen molar-refractivity contribution in [1.82, 2.24) is 0 Å². The van der Waals surface area contributed by atoms with Crippen LogP contribution in [-0.4, -0.2) is 11.2 Å². The van der Waals surface area contributed by atoms with Gasteiger partial charge in [-0.05, 0) is 41.8 Å². The molecular formula is C16H15ClO. The molecule has 0 amide bonds. The van der Waals surface area contributed by atoms with Crippen LogP contribution < -0.4 is 0 Å². The molecule has 2 rings (SSSR count). The van der Waals surface area contributed by atoms with Crippen molar-refractivity contribution in [3.63, 3.8) is 0 Å². The Balaban J connectivity index is 2.39. The maximum absolute atomic E-state index is 9.89. The van der Waals surface area contributed by atoms with Crippen molar-refractivity contribution in [2.45, 2.75) is 13.0 Å². The van der Waals surface area contributed by atoms with Crippen molar-refractivity contribution in [3.8, 4) is 0 Å². The zero-order valence-corrected chi connectivity index (χ0v) is 10.9. The van der Waals surface area contributed by atoms with E-state index >= 15 is 0 Å². The fraction of sp³-hybridized carbons (Fsp3) is 0.125. The molecule has 1 N–H and O–H groups in total. The first-order valence-electron chi connectivity index (χ1n) is 5.87. The van der Waals surface area contributed by atoms with Crippen molar-refractivity contribution in [3.05, 3.63) is 70.7 Å². The lowest BCUT2D eigenvalue weighted by molar-refractivity contribution is 0.254. The molecule has 2 heteroatoms. The SMILES string of the molecule is CC(O)/C(=C/c1ccc(Cl)cc1)c1ccccc1. The highest BCUT2D eigenvalue weighted by atomic mass is 35.5. The summed E-state index contributed by atoms with van der Waals surface area (Å²) < 4.78 is 0. The van der Waals surface area contributed by atoms with E-state index in [-0.39, 0.29) is 0 Å². The molecule has 0 aliphatic heterocycles. The number of rotatable bonds is 3. The second kappa shape index (κ2) is 5.85. The molecule has 0 spiro atoms. The maximum atomic E-state index is 9.89. The minimum atomic E-state index is -0.511. The average molecular weight is 259 g/mol. The van der Waals surface area contributed by atoms with E-state index in [1.54, 1.807) is 6.92 Å². The Hall–Kier alpha value is -1.57. The van der Waals surface area contributed by atoms with E-state index < -0.39 is 6.10 Å². The summed E-state index contributed by atoms with van der Waals surface area (Å²) in [6.45, 7) is 1.77. The molecule has 2 aromatic rings. The van der Waals surface area contributed by atoms with Crippen LogP contribution in [0.4, 0.5) is 0 Å². The van der Waals surface area contributed by atoms with E-state index in [0.29, 0.717) is 5.02 Å². The molecule has 18 heavy (non-hydrogen) atoms. The third kappa shape index (κ3) is 3.22. The summed E-state index contributed by atoms with van der Waals surface area (Å²) in [5.41, 5.74) is 2.96. The second-order valence-electron chi connectivity index (χ2n) is 4.19. The molecule has 0 radical (unpaired) electrons. The molecular weight excluding hydrogens is 244 g/mol. The van der Waals surface area contributed by atoms with Gasteiger partial charge in [0.2, 0.25) is 0 Å². The van der Waals surface area contributed by atoms with Crippen LogP contribution in [0.25, 0.3) is 11.6 Å². The Labute approximate surface area is 112 Å². The summed E-state index contributed by atoms with van der Waals surface area (Å²) in [4.78, 5) is 0. The van der Waals surface area contributed by atoms with E-state index in [0.717, 1.165) is 16.7 Å². The van der Waals surface area contributed by atoms with Gasteiger partial charge in [-0.3, -0.25) is 0 Å². The predicted octanol–water partition coefficient (Wildman–Crippen LogP) is 4.26. The zero-order chi connectivity index (χ0) is 13.0. The van der Waals surface area contributed by atoms with Crippen LogP contribution in [0.1, 0.15) is 18.1 Å². The van der Waals surface area contributed by atoms with E-state index in [1.807, 2.05) is 60.7 Å². The van der Waals surface area contributed by atoms with Crippen LogP contribution in [-0.2, 0) is 0 Å². The van der Waals surface area contributed by atoms with E-state index in [2.05, 4.69) is 0 Å². The molecule has 0 saturated carbocycles. The van der Waals surface area contributed by atoms with Crippen molar-refractivity contribution >= 4 is 23.3 Å². The molecule has 0 aliphatic rings. The number of halogens is 1. The minimum Gasteiger partial charge on any atom is -0.389 e. The Morgan fingerprint density at radius 1 is 1.06 bits per heavy atom. The molecule has 2 aromatic carbocycles. The largest absolute Gasteiger partial charge is 0.389 e. The minimum absolute atomic E-state index is 0.511. The van der Waals surface area contributed by atoms with Gasteiger partial charge in [0.1, 0.15) is 0 Å². The summed E-state index contributed by atoms with van der Waals surface area (Å²) >= 11 is 5.86. The van der Waals surface area contributed by atoms with Crippen LogP contribution in [0, 0.1) is 0 Å². The summed E-state index contributed by atoms with van der Waals surface area (Å²) in [5.74, 6) is 0. The highest BCUT2D eigenvalue weighted by Crippen LogP contribution is 2.22. The Bertz CT molecular complexity index is 527. The van der Waals surface area contributed by atoms with E-state index in [9.17, 15) is 5.11 Å². The van der Waals surface area contributed by atoms with Crippen LogP contribution in [0.5, 0.6) is 0 Å².